The van der Waals surface area contributed by atoms with Gasteiger partial charge in [0.1, 0.15) is 0 Å². The van der Waals surface area contributed by atoms with E-state index in [1.807, 2.05) is 0 Å². The highest BCUT2D eigenvalue weighted by molar-refractivity contribution is 7.17. The molecule has 88 valence electrons. The predicted molar refractivity (Wildman–Crippen MR) is 62.9 cm³/mol. The van der Waals surface area contributed by atoms with Gasteiger partial charge in [0.2, 0.25) is 9.47 Å². The first-order valence-electron chi connectivity index (χ1n) is 5.11. The Morgan fingerprint density at radius 1 is 1.69 bits per heavy atom. The van der Waals surface area contributed by atoms with Gasteiger partial charge in [0, 0.05) is 13.1 Å². The normalized spacial score (nSPS) is 21.2. The van der Waals surface area contributed by atoms with Crippen LogP contribution in [0.4, 0.5) is 0 Å². The summed E-state index contributed by atoms with van der Waals surface area (Å²) in [6.07, 6.45) is 1.13. The Hall–Kier alpha value is -0.720. The minimum atomic E-state index is -0.182. The number of amides is 1. The third-order valence-corrected chi connectivity index (χ3v) is 3.65. The Morgan fingerprint density at radius 3 is 3.06 bits per heavy atom. The summed E-state index contributed by atoms with van der Waals surface area (Å²) in [6, 6.07) is 0. The largest absolute Gasteiger partial charge is 0.350 e. The number of hydrogen-bond acceptors (Lipinski definition) is 5. The lowest BCUT2D eigenvalue weighted by Gasteiger charge is -2.10. The minimum Gasteiger partial charge on any atom is -0.350 e. The molecule has 5 nitrogen and oxygen atoms in total. The monoisotopic (exact) mass is 260 g/mol. The molecular weight excluding hydrogens is 248 g/mol. The quantitative estimate of drug-likeness (QED) is 0.876. The number of nitrogens with zero attached hydrogens (tertiary/aromatic N) is 3. The second-order valence-corrected chi connectivity index (χ2v) is 5.55. The van der Waals surface area contributed by atoms with Crippen LogP contribution in [0.1, 0.15) is 16.2 Å². The van der Waals surface area contributed by atoms with Crippen molar-refractivity contribution in [3.8, 4) is 0 Å². The number of rotatable bonds is 3. The fourth-order valence-corrected chi connectivity index (χ4v) is 2.55. The van der Waals surface area contributed by atoms with Crippen molar-refractivity contribution in [2.45, 2.75) is 6.42 Å². The Kier molecular flexibility index (Phi) is 3.73. The molecule has 1 unspecified atom stereocenters. The molecule has 7 heteroatoms. The first-order chi connectivity index (χ1) is 7.65. The molecule has 1 aliphatic rings. The molecule has 0 aromatic carbocycles. The average Bonchev–Trinajstić information content (AvgIpc) is 2.84. The molecule has 1 atom stereocenters. The number of nitrogens with one attached hydrogen (secondary N) is 1. The van der Waals surface area contributed by atoms with E-state index in [1.54, 1.807) is 0 Å². The molecule has 2 heterocycles. The molecule has 1 saturated heterocycles. The molecule has 0 spiro atoms. The van der Waals surface area contributed by atoms with Gasteiger partial charge < -0.3 is 10.2 Å². The SMILES string of the molecule is CN1CCC(CNC(=O)c2nnc(Cl)s2)C1. The van der Waals surface area contributed by atoms with Crippen molar-refractivity contribution in [2.24, 2.45) is 5.92 Å². The molecule has 1 aromatic heterocycles. The fourth-order valence-electron chi connectivity index (χ4n) is 1.80. The Bertz CT molecular complexity index is 383. The molecule has 16 heavy (non-hydrogen) atoms. The molecule has 1 aromatic rings. The Balaban J connectivity index is 1.80. The van der Waals surface area contributed by atoms with Crippen molar-refractivity contribution in [3.63, 3.8) is 0 Å². The second kappa shape index (κ2) is 5.07. The zero-order valence-corrected chi connectivity index (χ0v) is 10.5. The lowest BCUT2D eigenvalue weighted by Crippen LogP contribution is -2.30. The smallest absolute Gasteiger partial charge is 0.282 e. The van der Waals surface area contributed by atoms with Gasteiger partial charge in [0.15, 0.2) is 0 Å². The fraction of sp³-hybridized carbons (Fsp3) is 0.667. The summed E-state index contributed by atoms with van der Waals surface area (Å²) in [4.78, 5) is 13.9. The van der Waals surface area contributed by atoms with Crippen LogP contribution in [0.3, 0.4) is 0 Å². The summed E-state index contributed by atoms with van der Waals surface area (Å²) in [5.74, 6) is 0.358. The maximum atomic E-state index is 11.6. The number of likely N-dealkylation sites (tertiary alicyclic amines) is 1. The van der Waals surface area contributed by atoms with Crippen LogP contribution in [0.15, 0.2) is 0 Å². The zero-order valence-electron chi connectivity index (χ0n) is 8.94. The van der Waals surface area contributed by atoms with Gasteiger partial charge in [-0.25, -0.2) is 0 Å². The van der Waals surface area contributed by atoms with E-state index in [4.69, 9.17) is 11.6 Å². The van der Waals surface area contributed by atoms with Crippen LogP contribution in [0.25, 0.3) is 0 Å². The van der Waals surface area contributed by atoms with E-state index in [0.717, 1.165) is 30.8 Å². The minimum absolute atomic E-state index is 0.182. The number of aromatic nitrogens is 2. The Morgan fingerprint density at radius 2 is 2.50 bits per heavy atom. The maximum Gasteiger partial charge on any atom is 0.282 e. The summed E-state index contributed by atoms with van der Waals surface area (Å²) in [7, 11) is 2.09. The van der Waals surface area contributed by atoms with Crippen molar-refractivity contribution in [3.05, 3.63) is 9.47 Å². The van der Waals surface area contributed by atoms with Crippen LogP contribution in [-0.2, 0) is 0 Å². The molecule has 0 saturated carbocycles. The van der Waals surface area contributed by atoms with Crippen molar-refractivity contribution in [2.75, 3.05) is 26.7 Å². The molecule has 1 fully saturated rings. The van der Waals surface area contributed by atoms with Crippen LogP contribution in [0.2, 0.25) is 4.47 Å². The van der Waals surface area contributed by atoms with Crippen molar-refractivity contribution >= 4 is 28.8 Å². The van der Waals surface area contributed by atoms with Gasteiger partial charge in [-0.2, -0.15) is 0 Å². The van der Waals surface area contributed by atoms with E-state index in [9.17, 15) is 4.79 Å². The highest BCUT2D eigenvalue weighted by atomic mass is 35.5. The molecule has 2 rings (SSSR count). The summed E-state index contributed by atoms with van der Waals surface area (Å²) >= 11 is 6.71. The molecular formula is C9H13ClN4OS. The lowest BCUT2D eigenvalue weighted by atomic mass is 10.1. The van der Waals surface area contributed by atoms with Crippen molar-refractivity contribution in [1.29, 1.82) is 0 Å². The molecule has 0 aliphatic carbocycles. The van der Waals surface area contributed by atoms with Gasteiger partial charge in [-0.15, -0.1) is 10.2 Å². The van der Waals surface area contributed by atoms with Crippen LogP contribution < -0.4 is 5.32 Å². The van der Waals surface area contributed by atoms with E-state index in [0.29, 0.717) is 21.9 Å². The maximum absolute atomic E-state index is 11.6. The summed E-state index contributed by atoms with van der Waals surface area (Å²) in [6.45, 7) is 2.84. The van der Waals surface area contributed by atoms with Crippen LogP contribution in [-0.4, -0.2) is 47.7 Å². The topological polar surface area (TPSA) is 58.1 Å². The average molecular weight is 261 g/mol. The standard InChI is InChI=1S/C9H13ClN4OS/c1-14-3-2-6(5-14)4-11-7(15)8-12-13-9(10)16-8/h6H,2-5H2,1H3,(H,11,15). The molecule has 1 amide bonds. The summed E-state index contributed by atoms with van der Waals surface area (Å²) < 4.78 is 0.297. The second-order valence-electron chi connectivity index (χ2n) is 3.99. The van der Waals surface area contributed by atoms with Gasteiger partial charge in [0.25, 0.3) is 5.91 Å². The van der Waals surface area contributed by atoms with Gasteiger partial charge in [-0.1, -0.05) is 11.3 Å². The highest BCUT2D eigenvalue weighted by Crippen LogP contribution is 2.16. The molecule has 1 N–H and O–H groups in total. The highest BCUT2D eigenvalue weighted by Gasteiger charge is 2.20. The van der Waals surface area contributed by atoms with Crippen LogP contribution >= 0.6 is 22.9 Å². The van der Waals surface area contributed by atoms with Gasteiger partial charge in [0.05, 0.1) is 0 Å². The van der Waals surface area contributed by atoms with E-state index >= 15 is 0 Å². The molecule has 0 bridgehead atoms. The molecule has 0 radical (unpaired) electrons. The first-order valence-corrected chi connectivity index (χ1v) is 6.30. The van der Waals surface area contributed by atoms with Crippen molar-refractivity contribution < 1.29 is 4.79 Å². The predicted octanol–water partition coefficient (Wildman–Crippen LogP) is 0.873. The van der Waals surface area contributed by atoms with E-state index in [-0.39, 0.29) is 5.91 Å². The Labute approximate surface area is 103 Å². The zero-order chi connectivity index (χ0) is 11.5. The number of halogens is 1. The van der Waals surface area contributed by atoms with E-state index in [1.165, 1.54) is 0 Å². The lowest BCUT2D eigenvalue weighted by molar-refractivity contribution is 0.0946. The summed E-state index contributed by atoms with van der Waals surface area (Å²) in [5, 5.41) is 10.5. The number of carbonyl (C=O) groups is 1. The first kappa shape index (κ1) is 11.8. The van der Waals surface area contributed by atoms with Gasteiger partial charge in [-0.3, -0.25) is 4.79 Å². The number of hydrogen-bond donors (Lipinski definition) is 1. The van der Waals surface area contributed by atoms with E-state index in [2.05, 4.69) is 27.5 Å². The van der Waals surface area contributed by atoms with E-state index < -0.39 is 0 Å². The third kappa shape index (κ3) is 2.90. The van der Waals surface area contributed by atoms with Gasteiger partial charge >= 0.3 is 0 Å². The number of carbonyl (C=O) groups excluding carboxylic acids is 1. The summed E-state index contributed by atoms with van der Waals surface area (Å²) in [5.41, 5.74) is 0. The van der Waals surface area contributed by atoms with Crippen LogP contribution in [0, 0.1) is 5.92 Å². The van der Waals surface area contributed by atoms with Crippen molar-refractivity contribution in [1.82, 2.24) is 20.4 Å². The third-order valence-electron chi connectivity index (χ3n) is 2.63. The molecule has 1 aliphatic heterocycles. The van der Waals surface area contributed by atoms with Crippen LogP contribution in [0.5, 0.6) is 0 Å². The van der Waals surface area contributed by atoms with Gasteiger partial charge in [-0.05, 0) is 37.5 Å².